The van der Waals surface area contributed by atoms with Crippen LogP contribution in [0.5, 0.6) is 0 Å². The van der Waals surface area contributed by atoms with E-state index in [4.69, 9.17) is 17.3 Å². The Balaban J connectivity index is 2.11. The van der Waals surface area contributed by atoms with Gasteiger partial charge in [0.1, 0.15) is 0 Å². The first kappa shape index (κ1) is 11.2. The molecule has 1 heterocycles. The van der Waals surface area contributed by atoms with Gasteiger partial charge >= 0.3 is 0 Å². The predicted molar refractivity (Wildman–Crippen MR) is 67.5 cm³/mol. The molecule has 0 spiro atoms. The number of benzene rings is 1. The van der Waals surface area contributed by atoms with E-state index in [0.29, 0.717) is 16.5 Å². The van der Waals surface area contributed by atoms with Gasteiger partial charge in [-0.05, 0) is 12.1 Å². The van der Waals surface area contributed by atoms with E-state index in [0.717, 1.165) is 10.6 Å². The van der Waals surface area contributed by atoms with Crippen molar-refractivity contribution in [1.82, 2.24) is 9.97 Å². The Hall–Kier alpha value is -1.26. The van der Waals surface area contributed by atoms with Crippen molar-refractivity contribution < 1.29 is 0 Å². The molecule has 5 heteroatoms. The van der Waals surface area contributed by atoms with Crippen molar-refractivity contribution >= 4 is 29.1 Å². The molecule has 2 rings (SSSR count). The minimum Gasteiger partial charge on any atom is -0.398 e. The van der Waals surface area contributed by atoms with Crippen LogP contribution in [0.15, 0.2) is 41.7 Å². The Labute approximate surface area is 103 Å². The first-order chi connectivity index (χ1) is 7.77. The van der Waals surface area contributed by atoms with Gasteiger partial charge in [0.15, 0.2) is 0 Å². The van der Waals surface area contributed by atoms with Gasteiger partial charge in [-0.25, -0.2) is 0 Å². The summed E-state index contributed by atoms with van der Waals surface area (Å²) < 4.78 is 0. The first-order valence-electron chi connectivity index (χ1n) is 4.69. The lowest BCUT2D eigenvalue weighted by molar-refractivity contribution is 1.10. The van der Waals surface area contributed by atoms with Crippen molar-refractivity contribution in [3.63, 3.8) is 0 Å². The van der Waals surface area contributed by atoms with Gasteiger partial charge in [0.2, 0.25) is 0 Å². The Morgan fingerprint density at radius 2 is 2.19 bits per heavy atom. The highest BCUT2D eigenvalue weighted by Gasteiger charge is 2.05. The lowest BCUT2D eigenvalue weighted by Gasteiger charge is -2.06. The van der Waals surface area contributed by atoms with Gasteiger partial charge in [-0.3, -0.25) is 9.97 Å². The van der Waals surface area contributed by atoms with Gasteiger partial charge in [-0.15, -0.1) is 11.8 Å². The third-order valence-corrected chi connectivity index (χ3v) is 3.59. The SMILES string of the molecule is Nc1cccc(Cl)c1SCc1cnccn1. The van der Waals surface area contributed by atoms with Crippen LogP contribution in [0.2, 0.25) is 5.02 Å². The highest BCUT2D eigenvalue weighted by Crippen LogP contribution is 2.33. The van der Waals surface area contributed by atoms with Crippen molar-refractivity contribution in [2.75, 3.05) is 5.73 Å². The largest absolute Gasteiger partial charge is 0.398 e. The number of nitrogens with zero attached hydrogens (tertiary/aromatic N) is 2. The summed E-state index contributed by atoms with van der Waals surface area (Å²) in [6.45, 7) is 0. The number of hydrogen-bond donors (Lipinski definition) is 1. The van der Waals surface area contributed by atoms with Crippen LogP contribution in [0.3, 0.4) is 0 Å². The smallest absolute Gasteiger partial charge is 0.0689 e. The lowest BCUT2D eigenvalue weighted by Crippen LogP contribution is -1.91. The number of aromatic nitrogens is 2. The van der Waals surface area contributed by atoms with Crippen molar-refractivity contribution in [3.8, 4) is 0 Å². The van der Waals surface area contributed by atoms with Crippen LogP contribution in [0.4, 0.5) is 5.69 Å². The maximum Gasteiger partial charge on any atom is 0.0689 e. The van der Waals surface area contributed by atoms with Crippen molar-refractivity contribution in [2.45, 2.75) is 10.6 Å². The van der Waals surface area contributed by atoms with Crippen LogP contribution in [0.1, 0.15) is 5.69 Å². The topological polar surface area (TPSA) is 51.8 Å². The summed E-state index contributed by atoms with van der Waals surface area (Å²) >= 11 is 7.63. The highest BCUT2D eigenvalue weighted by molar-refractivity contribution is 7.98. The molecule has 0 aliphatic rings. The third-order valence-electron chi connectivity index (χ3n) is 1.98. The van der Waals surface area contributed by atoms with Crippen LogP contribution in [-0.2, 0) is 5.75 Å². The van der Waals surface area contributed by atoms with E-state index in [1.165, 1.54) is 0 Å². The number of nitrogen functional groups attached to an aromatic ring is 1. The number of rotatable bonds is 3. The minimum absolute atomic E-state index is 0.675. The number of hydrogen-bond acceptors (Lipinski definition) is 4. The van der Waals surface area contributed by atoms with E-state index in [-0.39, 0.29) is 0 Å². The molecule has 0 aliphatic carbocycles. The van der Waals surface area contributed by atoms with Crippen LogP contribution < -0.4 is 5.73 Å². The van der Waals surface area contributed by atoms with Gasteiger partial charge in [-0.2, -0.15) is 0 Å². The van der Waals surface area contributed by atoms with Crippen LogP contribution >= 0.6 is 23.4 Å². The van der Waals surface area contributed by atoms with E-state index in [2.05, 4.69) is 9.97 Å². The van der Waals surface area contributed by atoms with Gasteiger partial charge in [0.05, 0.1) is 10.7 Å². The third kappa shape index (κ3) is 2.65. The first-order valence-corrected chi connectivity index (χ1v) is 6.05. The quantitative estimate of drug-likeness (QED) is 0.673. The number of halogens is 1. The Morgan fingerprint density at radius 3 is 2.88 bits per heavy atom. The van der Waals surface area contributed by atoms with Crippen molar-refractivity contribution in [3.05, 3.63) is 47.5 Å². The summed E-state index contributed by atoms with van der Waals surface area (Å²) in [6, 6.07) is 5.51. The molecular weight excluding hydrogens is 242 g/mol. The summed E-state index contributed by atoms with van der Waals surface area (Å²) in [5.41, 5.74) is 7.45. The Morgan fingerprint density at radius 1 is 1.31 bits per heavy atom. The molecule has 0 aliphatic heterocycles. The molecule has 0 saturated carbocycles. The van der Waals surface area contributed by atoms with Crippen LogP contribution in [-0.4, -0.2) is 9.97 Å². The van der Waals surface area contributed by atoms with Gasteiger partial charge in [-0.1, -0.05) is 17.7 Å². The summed E-state index contributed by atoms with van der Waals surface area (Å²) in [6.07, 6.45) is 5.06. The second-order valence-electron chi connectivity index (χ2n) is 3.14. The molecule has 2 N–H and O–H groups in total. The second-order valence-corrected chi connectivity index (χ2v) is 4.54. The second kappa shape index (κ2) is 5.18. The zero-order chi connectivity index (χ0) is 11.4. The summed E-state index contributed by atoms with van der Waals surface area (Å²) in [4.78, 5) is 9.09. The molecule has 0 fully saturated rings. The average molecular weight is 252 g/mol. The fraction of sp³-hybridized carbons (Fsp3) is 0.0909. The number of thioether (sulfide) groups is 1. The Bertz CT molecular complexity index is 456. The lowest BCUT2D eigenvalue weighted by atomic mass is 10.3. The monoisotopic (exact) mass is 251 g/mol. The fourth-order valence-corrected chi connectivity index (χ4v) is 2.46. The number of anilines is 1. The zero-order valence-corrected chi connectivity index (χ0v) is 10.0. The molecule has 0 unspecified atom stereocenters. The zero-order valence-electron chi connectivity index (χ0n) is 8.43. The predicted octanol–water partition coefficient (Wildman–Crippen LogP) is 3.00. The van der Waals surface area contributed by atoms with Crippen molar-refractivity contribution in [1.29, 1.82) is 0 Å². The van der Waals surface area contributed by atoms with Gasteiger partial charge < -0.3 is 5.73 Å². The van der Waals surface area contributed by atoms with Gasteiger partial charge in [0, 0.05) is 34.9 Å². The van der Waals surface area contributed by atoms with E-state index in [1.54, 1.807) is 30.4 Å². The standard InChI is InChI=1S/C11H10ClN3S/c12-9-2-1-3-10(13)11(9)16-7-8-6-14-4-5-15-8/h1-6H,7,13H2. The van der Waals surface area contributed by atoms with Crippen LogP contribution in [0, 0.1) is 0 Å². The summed E-state index contributed by atoms with van der Waals surface area (Å²) in [5.74, 6) is 0.710. The average Bonchev–Trinajstić information content (AvgIpc) is 2.30. The fourth-order valence-electron chi connectivity index (χ4n) is 1.23. The van der Waals surface area contributed by atoms with Gasteiger partial charge in [0.25, 0.3) is 0 Å². The molecule has 0 bridgehead atoms. The molecule has 1 aromatic heterocycles. The molecule has 3 nitrogen and oxygen atoms in total. The Kier molecular flexibility index (Phi) is 3.64. The molecule has 82 valence electrons. The molecule has 0 atom stereocenters. The molecule has 2 aromatic rings. The van der Waals surface area contributed by atoms with Crippen molar-refractivity contribution in [2.24, 2.45) is 0 Å². The molecule has 0 radical (unpaired) electrons. The summed E-state index contributed by atoms with van der Waals surface area (Å²) in [7, 11) is 0. The molecule has 0 saturated heterocycles. The van der Waals surface area contributed by atoms with E-state index < -0.39 is 0 Å². The normalized spacial score (nSPS) is 10.3. The minimum atomic E-state index is 0.675. The molecule has 1 aromatic carbocycles. The number of nitrogens with two attached hydrogens (primary N) is 1. The maximum atomic E-state index is 6.06. The van der Waals surface area contributed by atoms with E-state index >= 15 is 0 Å². The van der Waals surface area contributed by atoms with E-state index in [1.807, 2.05) is 18.2 Å². The summed E-state index contributed by atoms with van der Waals surface area (Å²) in [5, 5.41) is 0.675. The molecule has 0 amide bonds. The maximum absolute atomic E-state index is 6.06. The van der Waals surface area contributed by atoms with Crippen LogP contribution in [0.25, 0.3) is 0 Å². The van der Waals surface area contributed by atoms with E-state index in [9.17, 15) is 0 Å². The highest BCUT2D eigenvalue weighted by atomic mass is 35.5. The molecule has 16 heavy (non-hydrogen) atoms. The molecular formula is C11H10ClN3S.